The van der Waals surface area contributed by atoms with Gasteiger partial charge in [0.25, 0.3) is 0 Å². The number of rotatable bonds is 2. The van der Waals surface area contributed by atoms with Crippen LogP contribution in [0.3, 0.4) is 0 Å². The summed E-state index contributed by atoms with van der Waals surface area (Å²) in [6, 6.07) is 17.4. The molecule has 0 aliphatic heterocycles. The first-order valence-corrected chi connectivity index (χ1v) is 7.59. The molecule has 0 saturated carbocycles. The van der Waals surface area contributed by atoms with Crippen molar-refractivity contribution >= 4 is 11.4 Å². The zero-order valence-electron chi connectivity index (χ0n) is 12.7. The first kappa shape index (κ1) is 13.7. The first-order chi connectivity index (χ1) is 10.2. The summed E-state index contributed by atoms with van der Waals surface area (Å²) in [5.41, 5.74) is 13.5. The lowest BCUT2D eigenvalue weighted by Crippen LogP contribution is -2.25. The third-order valence-electron chi connectivity index (χ3n) is 3.96. The minimum absolute atomic E-state index is 0.346. The van der Waals surface area contributed by atoms with Crippen LogP contribution in [0.5, 0.6) is 0 Å². The highest BCUT2D eigenvalue weighted by atomic mass is 14.9. The van der Waals surface area contributed by atoms with Gasteiger partial charge in [0, 0.05) is 17.2 Å². The van der Waals surface area contributed by atoms with Gasteiger partial charge in [0.15, 0.2) is 0 Å². The van der Waals surface area contributed by atoms with E-state index in [-0.39, 0.29) is 0 Å². The Bertz CT molecular complexity index is 683. The van der Waals surface area contributed by atoms with E-state index in [2.05, 4.69) is 67.7 Å². The van der Waals surface area contributed by atoms with E-state index in [0.717, 1.165) is 29.8 Å². The number of hydrogen-bond donors (Lipinski definition) is 2. The minimum Gasteiger partial charge on any atom is -0.397 e. The van der Waals surface area contributed by atoms with Crippen LogP contribution in [0.4, 0.5) is 0 Å². The Morgan fingerprint density at radius 1 is 0.857 bits per heavy atom. The molecule has 0 spiro atoms. The van der Waals surface area contributed by atoms with E-state index in [4.69, 9.17) is 5.73 Å². The maximum Gasteiger partial charge on any atom is 0.0658 e. The molecule has 2 heteroatoms. The topological polar surface area (TPSA) is 38.0 Å². The SMILES string of the molecule is CC(C)N/C1=C(\N)c2ccccc2CCc2ccccc21. The van der Waals surface area contributed by atoms with E-state index in [1.54, 1.807) is 0 Å². The first-order valence-electron chi connectivity index (χ1n) is 7.59. The Labute approximate surface area is 126 Å². The van der Waals surface area contributed by atoms with Crippen LogP contribution in [0.15, 0.2) is 48.5 Å². The van der Waals surface area contributed by atoms with Crippen LogP contribution in [-0.4, -0.2) is 6.04 Å². The molecule has 0 bridgehead atoms. The molecule has 2 aromatic rings. The highest BCUT2D eigenvalue weighted by Gasteiger charge is 2.18. The number of nitrogens with two attached hydrogens (primary N) is 1. The van der Waals surface area contributed by atoms with E-state index in [0.29, 0.717) is 6.04 Å². The lowest BCUT2D eigenvalue weighted by molar-refractivity contribution is 0.715. The normalized spacial score (nSPS) is 17.7. The van der Waals surface area contributed by atoms with Gasteiger partial charge in [0.1, 0.15) is 0 Å². The molecule has 3 N–H and O–H groups in total. The van der Waals surface area contributed by atoms with Crippen LogP contribution in [0.1, 0.15) is 36.1 Å². The quantitative estimate of drug-likeness (QED) is 0.881. The number of fused-ring (bicyclic) bond motifs is 2. The van der Waals surface area contributed by atoms with Gasteiger partial charge in [-0.25, -0.2) is 0 Å². The van der Waals surface area contributed by atoms with Gasteiger partial charge in [-0.05, 0) is 37.8 Å². The second-order valence-corrected chi connectivity index (χ2v) is 5.90. The standard InChI is InChI=1S/C19H22N2/c1-13(2)21-19-17-10-6-4-8-15(17)12-11-14-7-3-5-9-16(14)18(19)20/h3-10,13,21H,11-12,20H2,1-2H3/b19-18-. The van der Waals surface area contributed by atoms with Crippen LogP contribution in [-0.2, 0) is 12.8 Å². The van der Waals surface area contributed by atoms with Crippen LogP contribution >= 0.6 is 0 Å². The van der Waals surface area contributed by atoms with Crippen molar-refractivity contribution in [2.24, 2.45) is 5.73 Å². The summed E-state index contributed by atoms with van der Waals surface area (Å²) < 4.78 is 0. The molecule has 0 fully saturated rings. The molecule has 1 aliphatic carbocycles. The van der Waals surface area contributed by atoms with Crippen LogP contribution in [0.25, 0.3) is 11.4 Å². The Kier molecular flexibility index (Phi) is 3.70. The summed E-state index contributed by atoms with van der Waals surface area (Å²) in [5.74, 6) is 0. The maximum atomic E-state index is 6.54. The molecule has 0 heterocycles. The fourth-order valence-corrected chi connectivity index (χ4v) is 2.98. The summed E-state index contributed by atoms with van der Waals surface area (Å²) in [5, 5.41) is 3.55. The fourth-order valence-electron chi connectivity index (χ4n) is 2.98. The zero-order chi connectivity index (χ0) is 14.8. The molecule has 2 aromatic carbocycles. The Morgan fingerprint density at radius 3 is 2.00 bits per heavy atom. The lowest BCUT2D eigenvalue weighted by atomic mass is 9.89. The summed E-state index contributed by atoms with van der Waals surface area (Å²) in [7, 11) is 0. The van der Waals surface area contributed by atoms with Gasteiger partial charge in [0.2, 0.25) is 0 Å². The predicted molar refractivity (Wildman–Crippen MR) is 89.6 cm³/mol. The summed E-state index contributed by atoms with van der Waals surface area (Å²) in [6.45, 7) is 4.29. The van der Waals surface area contributed by atoms with E-state index in [1.165, 1.54) is 16.7 Å². The number of nitrogens with one attached hydrogen (secondary N) is 1. The smallest absolute Gasteiger partial charge is 0.0658 e. The molecule has 0 aromatic heterocycles. The third-order valence-corrected chi connectivity index (χ3v) is 3.96. The molecule has 21 heavy (non-hydrogen) atoms. The van der Waals surface area contributed by atoms with E-state index < -0.39 is 0 Å². The molecule has 108 valence electrons. The number of aryl methyl sites for hydroxylation is 2. The highest BCUT2D eigenvalue weighted by molar-refractivity contribution is 5.90. The average Bonchev–Trinajstić information content (AvgIpc) is 2.49. The second kappa shape index (κ2) is 5.65. The monoisotopic (exact) mass is 278 g/mol. The third kappa shape index (κ3) is 2.66. The van der Waals surface area contributed by atoms with Crippen molar-refractivity contribution in [3.63, 3.8) is 0 Å². The highest BCUT2D eigenvalue weighted by Crippen LogP contribution is 2.30. The molecular weight excluding hydrogens is 256 g/mol. The molecule has 0 amide bonds. The van der Waals surface area contributed by atoms with Gasteiger partial charge < -0.3 is 11.1 Å². The van der Waals surface area contributed by atoms with Crippen LogP contribution in [0.2, 0.25) is 0 Å². The van der Waals surface area contributed by atoms with E-state index >= 15 is 0 Å². The Balaban J connectivity index is 2.24. The number of hydrogen-bond acceptors (Lipinski definition) is 2. The van der Waals surface area contributed by atoms with E-state index in [9.17, 15) is 0 Å². The molecule has 3 rings (SSSR count). The van der Waals surface area contributed by atoms with Crippen molar-refractivity contribution in [1.82, 2.24) is 5.32 Å². The number of benzene rings is 2. The largest absolute Gasteiger partial charge is 0.397 e. The fraction of sp³-hybridized carbons (Fsp3) is 0.263. The van der Waals surface area contributed by atoms with Crippen molar-refractivity contribution in [1.29, 1.82) is 0 Å². The second-order valence-electron chi connectivity index (χ2n) is 5.90. The van der Waals surface area contributed by atoms with Crippen molar-refractivity contribution < 1.29 is 0 Å². The van der Waals surface area contributed by atoms with Gasteiger partial charge in [-0.15, -0.1) is 0 Å². The van der Waals surface area contributed by atoms with Gasteiger partial charge in [-0.3, -0.25) is 0 Å². The van der Waals surface area contributed by atoms with E-state index in [1.807, 2.05) is 0 Å². The molecule has 0 atom stereocenters. The molecule has 0 radical (unpaired) electrons. The van der Waals surface area contributed by atoms with Crippen molar-refractivity contribution in [2.45, 2.75) is 32.7 Å². The van der Waals surface area contributed by atoms with Crippen molar-refractivity contribution in [2.75, 3.05) is 0 Å². The zero-order valence-corrected chi connectivity index (χ0v) is 12.7. The van der Waals surface area contributed by atoms with Gasteiger partial charge in [-0.2, -0.15) is 0 Å². The average molecular weight is 278 g/mol. The van der Waals surface area contributed by atoms with Gasteiger partial charge in [-0.1, -0.05) is 48.5 Å². The van der Waals surface area contributed by atoms with Crippen molar-refractivity contribution in [3.05, 3.63) is 70.8 Å². The molecule has 0 unspecified atom stereocenters. The molecular formula is C19H22N2. The van der Waals surface area contributed by atoms with Gasteiger partial charge >= 0.3 is 0 Å². The molecule has 0 saturated heterocycles. The maximum absolute atomic E-state index is 6.54. The summed E-state index contributed by atoms with van der Waals surface area (Å²) >= 11 is 0. The van der Waals surface area contributed by atoms with Crippen molar-refractivity contribution in [3.8, 4) is 0 Å². The lowest BCUT2D eigenvalue weighted by Gasteiger charge is -2.24. The van der Waals surface area contributed by atoms with Gasteiger partial charge in [0.05, 0.1) is 11.4 Å². The molecule has 1 aliphatic rings. The summed E-state index contributed by atoms with van der Waals surface area (Å²) in [6.07, 6.45) is 2.08. The predicted octanol–water partition coefficient (Wildman–Crippen LogP) is 3.57. The molecule has 2 nitrogen and oxygen atoms in total. The van der Waals surface area contributed by atoms with Crippen LogP contribution in [0, 0.1) is 0 Å². The Morgan fingerprint density at radius 2 is 1.38 bits per heavy atom. The minimum atomic E-state index is 0.346. The Hall–Kier alpha value is -2.22. The summed E-state index contributed by atoms with van der Waals surface area (Å²) in [4.78, 5) is 0. The van der Waals surface area contributed by atoms with Crippen LogP contribution < -0.4 is 11.1 Å².